The van der Waals surface area contributed by atoms with Crippen molar-refractivity contribution < 1.29 is 23.9 Å². The predicted molar refractivity (Wildman–Crippen MR) is 117 cm³/mol. The number of aliphatic imine (C=N–C) groups is 1. The molecule has 0 aliphatic carbocycles. The minimum atomic E-state index is -0.694. The number of nitro groups is 1. The molecule has 0 saturated carbocycles. The second kappa shape index (κ2) is 9.36. The predicted octanol–water partition coefficient (Wildman–Crippen LogP) is 5.43. The van der Waals surface area contributed by atoms with Crippen LogP contribution in [0.5, 0.6) is 11.5 Å². The van der Waals surface area contributed by atoms with Crippen molar-refractivity contribution in [1.29, 1.82) is 0 Å². The van der Waals surface area contributed by atoms with Crippen LogP contribution < -0.4 is 9.47 Å². The minimum absolute atomic E-state index is 0.0143. The van der Waals surface area contributed by atoms with E-state index < -0.39 is 10.9 Å². The Hall–Kier alpha value is -3.10. The summed E-state index contributed by atoms with van der Waals surface area (Å²) >= 11 is 12.5. The Morgan fingerprint density at radius 3 is 2.58 bits per heavy atom. The standard InChI is InChI=1S/C21H18Cl2N2O6/c1-4-29-18-9-12(7-16(23)19(18)30-11(2)3)8-17-21(26)31-20(24-17)14-6-5-13(25(27)28)10-15(14)22/h5-11H,4H2,1-3H3/b17-8-. The molecule has 0 bridgehead atoms. The van der Waals surface area contributed by atoms with Crippen LogP contribution in [-0.4, -0.2) is 29.5 Å². The van der Waals surface area contributed by atoms with E-state index in [1.807, 2.05) is 20.8 Å². The quantitative estimate of drug-likeness (QED) is 0.234. The highest BCUT2D eigenvalue weighted by atomic mass is 35.5. The maximum Gasteiger partial charge on any atom is 0.363 e. The molecule has 2 aromatic rings. The second-order valence-electron chi connectivity index (χ2n) is 6.69. The Morgan fingerprint density at radius 2 is 1.97 bits per heavy atom. The number of nitrogens with zero attached hydrogens (tertiary/aromatic N) is 2. The van der Waals surface area contributed by atoms with Gasteiger partial charge in [-0.1, -0.05) is 23.2 Å². The van der Waals surface area contributed by atoms with Crippen LogP contribution in [0.3, 0.4) is 0 Å². The number of nitro benzene ring substituents is 1. The molecule has 0 amide bonds. The molecule has 0 atom stereocenters. The Bertz CT molecular complexity index is 1110. The summed E-state index contributed by atoms with van der Waals surface area (Å²) in [6.07, 6.45) is 1.38. The minimum Gasteiger partial charge on any atom is -0.490 e. The third kappa shape index (κ3) is 5.15. The molecule has 162 valence electrons. The highest BCUT2D eigenvalue weighted by molar-refractivity contribution is 6.35. The molecular weight excluding hydrogens is 447 g/mol. The van der Waals surface area contributed by atoms with Gasteiger partial charge in [0.1, 0.15) is 0 Å². The number of cyclic esters (lactones) is 1. The van der Waals surface area contributed by atoms with Gasteiger partial charge in [0.05, 0.1) is 33.2 Å². The number of rotatable bonds is 7. The van der Waals surface area contributed by atoms with Gasteiger partial charge in [-0.2, -0.15) is 0 Å². The van der Waals surface area contributed by atoms with Crippen molar-refractivity contribution in [2.45, 2.75) is 26.9 Å². The van der Waals surface area contributed by atoms with E-state index in [1.54, 1.807) is 12.1 Å². The van der Waals surface area contributed by atoms with Gasteiger partial charge in [-0.15, -0.1) is 0 Å². The van der Waals surface area contributed by atoms with Gasteiger partial charge < -0.3 is 14.2 Å². The lowest BCUT2D eigenvalue weighted by Gasteiger charge is -2.16. The van der Waals surface area contributed by atoms with Crippen molar-refractivity contribution >= 4 is 46.8 Å². The van der Waals surface area contributed by atoms with Crippen molar-refractivity contribution in [3.63, 3.8) is 0 Å². The van der Waals surface area contributed by atoms with E-state index in [9.17, 15) is 14.9 Å². The molecule has 0 aromatic heterocycles. The SMILES string of the molecule is CCOc1cc(/C=C2\N=C(c3ccc([N+](=O)[O-])cc3Cl)OC2=O)cc(Cl)c1OC(C)C. The molecule has 1 aliphatic rings. The molecule has 0 unspecified atom stereocenters. The van der Waals surface area contributed by atoms with Crippen LogP contribution in [0.15, 0.2) is 41.0 Å². The van der Waals surface area contributed by atoms with Crippen molar-refractivity contribution in [2.75, 3.05) is 6.61 Å². The third-order valence-electron chi connectivity index (χ3n) is 4.00. The number of benzene rings is 2. The lowest BCUT2D eigenvalue weighted by molar-refractivity contribution is -0.384. The van der Waals surface area contributed by atoms with Gasteiger partial charge in [0.2, 0.25) is 5.90 Å². The van der Waals surface area contributed by atoms with Crippen molar-refractivity contribution in [1.82, 2.24) is 0 Å². The molecule has 10 heteroatoms. The number of carbonyl (C=O) groups is 1. The maximum atomic E-state index is 12.3. The number of carbonyl (C=O) groups excluding carboxylic acids is 1. The number of esters is 1. The lowest BCUT2D eigenvalue weighted by atomic mass is 10.1. The molecule has 0 radical (unpaired) electrons. The Balaban J connectivity index is 1.97. The topological polar surface area (TPSA) is 100 Å². The second-order valence-corrected chi connectivity index (χ2v) is 7.50. The van der Waals surface area contributed by atoms with Gasteiger partial charge in [-0.3, -0.25) is 10.1 Å². The highest BCUT2D eigenvalue weighted by Gasteiger charge is 2.27. The zero-order valence-electron chi connectivity index (χ0n) is 16.8. The lowest BCUT2D eigenvalue weighted by Crippen LogP contribution is -2.08. The summed E-state index contributed by atoms with van der Waals surface area (Å²) in [4.78, 5) is 26.8. The van der Waals surface area contributed by atoms with Crippen LogP contribution >= 0.6 is 23.2 Å². The summed E-state index contributed by atoms with van der Waals surface area (Å²) in [5, 5.41) is 11.2. The molecule has 0 spiro atoms. The molecule has 1 aliphatic heterocycles. The first-order valence-electron chi connectivity index (χ1n) is 9.29. The van der Waals surface area contributed by atoms with Gasteiger partial charge in [-0.25, -0.2) is 9.79 Å². The summed E-state index contributed by atoms with van der Waals surface area (Å²) in [5.41, 5.74) is 0.644. The van der Waals surface area contributed by atoms with E-state index in [0.717, 1.165) is 6.07 Å². The van der Waals surface area contributed by atoms with E-state index in [0.29, 0.717) is 28.7 Å². The van der Waals surface area contributed by atoms with Gasteiger partial charge in [-0.05, 0) is 50.6 Å². The Labute approximate surface area is 188 Å². The first-order valence-corrected chi connectivity index (χ1v) is 10.0. The zero-order chi connectivity index (χ0) is 22.7. The molecule has 2 aromatic carbocycles. The summed E-state index contributed by atoms with van der Waals surface area (Å²) in [5.74, 6) is 0.106. The first kappa shape index (κ1) is 22.6. The van der Waals surface area contributed by atoms with Crippen molar-refractivity contribution in [3.8, 4) is 11.5 Å². The van der Waals surface area contributed by atoms with E-state index in [4.69, 9.17) is 37.4 Å². The smallest absolute Gasteiger partial charge is 0.363 e. The summed E-state index contributed by atoms with van der Waals surface area (Å²) in [6, 6.07) is 7.09. The maximum absolute atomic E-state index is 12.3. The fourth-order valence-corrected chi connectivity index (χ4v) is 3.28. The summed E-state index contributed by atoms with van der Waals surface area (Å²) in [7, 11) is 0. The molecule has 3 rings (SSSR count). The average molecular weight is 465 g/mol. The van der Waals surface area contributed by atoms with E-state index >= 15 is 0 Å². The van der Waals surface area contributed by atoms with E-state index in [-0.39, 0.29) is 34.0 Å². The van der Waals surface area contributed by atoms with E-state index in [1.165, 1.54) is 18.2 Å². The van der Waals surface area contributed by atoms with Crippen LogP contribution in [0.2, 0.25) is 10.0 Å². The largest absolute Gasteiger partial charge is 0.490 e. The number of ether oxygens (including phenoxy) is 3. The van der Waals surface area contributed by atoms with Gasteiger partial charge in [0.15, 0.2) is 17.2 Å². The first-order chi connectivity index (χ1) is 14.7. The van der Waals surface area contributed by atoms with Crippen LogP contribution in [0, 0.1) is 10.1 Å². The fraction of sp³-hybridized carbons (Fsp3) is 0.238. The number of non-ortho nitro benzene ring substituents is 1. The van der Waals surface area contributed by atoms with Crippen LogP contribution in [0.25, 0.3) is 6.08 Å². The number of hydrogen-bond donors (Lipinski definition) is 0. The molecule has 0 saturated heterocycles. The van der Waals surface area contributed by atoms with Crippen molar-refractivity contribution in [2.24, 2.45) is 4.99 Å². The molecule has 8 nitrogen and oxygen atoms in total. The van der Waals surface area contributed by atoms with Gasteiger partial charge in [0, 0.05) is 12.1 Å². The third-order valence-corrected chi connectivity index (χ3v) is 4.60. The van der Waals surface area contributed by atoms with Crippen LogP contribution in [0.4, 0.5) is 5.69 Å². The summed E-state index contributed by atoms with van der Waals surface area (Å²) < 4.78 is 16.6. The summed E-state index contributed by atoms with van der Waals surface area (Å²) in [6.45, 7) is 5.97. The molecule has 0 fully saturated rings. The zero-order valence-corrected chi connectivity index (χ0v) is 18.4. The monoisotopic (exact) mass is 464 g/mol. The van der Waals surface area contributed by atoms with Gasteiger partial charge in [0.25, 0.3) is 5.69 Å². The molecule has 1 heterocycles. The Kier molecular flexibility index (Phi) is 6.82. The van der Waals surface area contributed by atoms with Crippen LogP contribution in [-0.2, 0) is 9.53 Å². The fourth-order valence-electron chi connectivity index (χ4n) is 2.76. The van der Waals surface area contributed by atoms with E-state index in [2.05, 4.69) is 4.99 Å². The normalized spacial score (nSPS) is 14.6. The molecule has 0 N–H and O–H groups in total. The number of halogens is 2. The van der Waals surface area contributed by atoms with Gasteiger partial charge >= 0.3 is 5.97 Å². The highest BCUT2D eigenvalue weighted by Crippen LogP contribution is 2.38. The average Bonchev–Trinajstić information content (AvgIpc) is 3.04. The Morgan fingerprint density at radius 1 is 1.23 bits per heavy atom. The molecular formula is C21H18Cl2N2O6. The molecule has 31 heavy (non-hydrogen) atoms. The number of hydrogen-bond acceptors (Lipinski definition) is 7. The van der Waals surface area contributed by atoms with Crippen molar-refractivity contribution in [3.05, 3.63) is 67.3 Å². The van der Waals surface area contributed by atoms with Crippen LogP contribution in [0.1, 0.15) is 31.9 Å².